The number of carbonyl (C=O) groups excluding carboxylic acids is 1. The Hall–Kier alpha value is -0.590. The molecule has 0 bridgehead atoms. The molecule has 1 amide bonds. The molecule has 0 aromatic heterocycles. The van der Waals surface area contributed by atoms with Crippen molar-refractivity contribution in [3.63, 3.8) is 0 Å². The number of carbonyl (C=O) groups is 1. The second-order valence-corrected chi connectivity index (χ2v) is 9.02. The summed E-state index contributed by atoms with van der Waals surface area (Å²) in [6.45, 7) is 6.54. The maximum Gasteiger partial charge on any atom is 0.262 e. The third kappa shape index (κ3) is 3.43. The van der Waals surface area contributed by atoms with Gasteiger partial charge in [-0.25, -0.2) is 8.42 Å². The fraction of sp³-hybridized carbons (Fsp3) is 0.500. The lowest BCUT2D eigenvalue weighted by atomic mass is 10.1. The SMILES string of the molecule is Cc1cc(C(=O)N2CC(C)CC2C)cc(S(=O)(=O)Cl)c1Br. The third-order valence-electron chi connectivity index (χ3n) is 3.78. The van der Waals surface area contributed by atoms with Crippen molar-refractivity contribution in [1.29, 1.82) is 0 Å². The van der Waals surface area contributed by atoms with Crippen molar-refractivity contribution in [2.75, 3.05) is 6.54 Å². The smallest absolute Gasteiger partial charge is 0.262 e. The Bertz CT molecular complexity index is 690. The minimum atomic E-state index is -3.91. The first-order valence-electron chi connectivity index (χ1n) is 6.67. The number of nitrogens with zero attached hydrogens (tertiary/aromatic N) is 1. The molecule has 2 rings (SSSR count). The molecule has 2 atom stereocenters. The number of rotatable bonds is 2. The molecule has 1 aromatic rings. The lowest BCUT2D eigenvalue weighted by Gasteiger charge is -2.22. The number of benzene rings is 1. The summed E-state index contributed by atoms with van der Waals surface area (Å²) >= 11 is 3.22. The van der Waals surface area contributed by atoms with E-state index in [1.807, 2.05) is 6.92 Å². The Balaban J connectivity index is 2.46. The minimum absolute atomic E-state index is 0.0626. The van der Waals surface area contributed by atoms with Gasteiger partial charge in [0, 0.05) is 33.3 Å². The van der Waals surface area contributed by atoms with Crippen LogP contribution in [0.25, 0.3) is 0 Å². The van der Waals surface area contributed by atoms with Gasteiger partial charge >= 0.3 is 0 Å². The van der Waals surface area contributed by atoms with Gasteiger partial charge in [-0.15, -0.1) is 0 Å². The molecule has 1 aliphatic heterocycles. The molecule has 7 heteroatoms. The minimum Gasteiger partial charge on any atom is -0.336 e. The summed E-state index contributed by atoms with van der Waals surface area (Å²) in [4.78, 5) is 14.3. The van der Waals surface area contributed by atoms with Gasteiger partial charge in [-0.3, -0.25) is 4.79 Å². The number of hydrogen-bond acceptors (Lipinski definition) is 3. The van der Waals surface area contributed by atoms with Crippen LogP contribution in [0.2, 0.25) is 0 Å². The highest BCUT2D eigenvalue weighted by Gasteiger charge is 2.31. The maximum atomic E-state index is 12.6. The number of halogens is 2. The molecular weight excluding hydrogens is 378 g/mol. The fourth-order valence-electron chi connectivity index (χ4n) is 2.79. The Labute approximate surface area is 138 Å². The Morgan fingerprint density at radius 3 is 2.48 bits per heavy atom. The van der Waals surface area contributed by atoms with Gasteiger partial charge in [0.15, 0.2) is 0 Å². The molecule has 1 heterocycles. The largest absolute Gasteiger partial charge is 0.336 e. The van der Waals surface area contributed by atoms with Gasteiger partial charge in [0.05, 0.1) is 4.90 Å². The van der Waals surface area contributed by atoms with Crippen molar-refractivity contribution in [1.82, 2.24) is 4.90 Å². The van der Waals surface area contributed by atoms with Crippen LogP contribution in [-0.4, -0.2) is 31.8 Å². The van der Waals surface area contributed by atoms with Gasteiger partial charge in [-0.2, -0.15) is 0 Å². The normalized spacial score (nSPS) is 22.6. The highest BCUT2D eigenvalue weighted by Crippen LogP contribution is 2.31. The van der Waals surface area contributed by atoms with Crippen LogP contribution in [0, 0.1) is 12.8 Å². The molecule has 116 valence electrons. The zero-order chi connectivity index (χ0) is 15.9. The monoisotopic (exact) mass is 393 g/mol. The Morgan fingerprint density at radius 1 is 1.38 bits per heavy atom. The summed E-state index contributed by atoms with van der Waals surface area (Å²) in [5.74, 6) is 0.306. The van der Waals surface area contributed by atoms with E-state index in [0.29, 0.717) is 28.1 Å². The van der Waals surface area contributed by atoms with E-state index < -0.39 is 9.05 Å². The van der Waals surface area contributed by atoms with Crippen LogP contribution in [0.5, 0.6) is 0 Å². The molecule has 4 nitrogen and oxygen atoms in total. The predicted molar refractivity (Wildman–Crippen MR) is 86.2 cm³/mol. The van der Waals surface area contributed by atoms with E-state index in [2.05, 4.69) is 22.9 Å². The molecule has 1 aromatic carbocycles. The molecular formula is C14H17BrClNO3S. The molecule has 1 fully saturated rings. The second-order valence-electron chi connectivity index (χ2n) is 5.69. The van der Waals surface area contributed by atoms with Crippen molar-refractivity contribution < 1.29 is 13.2 Å². The number of likely N-dealkylation sites (tertiary alicyclic amines) is 1. The van der Waals surface area contributed by atoms with Gasteiger partial charge in [0.1, 0.15) is 0 Å². The van der Waals surface area contributed by atoms with Crippen molar-refractivity contribution in [2.45, 2.75) is 38.1 Å². The summed E-state index contributed by atoms with van der Waals surface area (Å²) in [6, 6.07) is 3.19. The van der Waals surface area contributed by atoms with Gasteiger partial charge in [-0.1, -0.05) is 6.92 Å². The van der Waals surface area contributed by atoms with Crippen LogP contribution < -0.4 is 0 Å². The van der Waals surface area contributed by atoms with E-state index in [4.69, 9.17) is 10.7 Å². The van der Waals surface area contributed by atoms with Crippen LogP contribution >= 0.6 is 26.6 Å². The average Bonchev–Trinajstić information content (AvgIpc) is 2.69. The molecule has 1 saturated heterocycles. The van der Waals surface area contributed by atoms with E-state index in [0.717, 1.165) is 6.42 Å². The second kappa shape index (κ2) is 5.89. The van der Waals surface area contributed by atoms with Crippen LogP contribution in [-0.2, 0) is 9.05 Å². The van der Waals surface area contributed by atoms with Crippen molar-refractivity contribution in [2.24, 2.45) is 5.92 Å². The quantitative estimate of drug-likeness (QED) is 0.721. The fourth-order valence-corrected chi connectivity index (χ4v) is 4.94. The molecule has 0 N–H and O–H groups in total. The molecule has 0 spiro atoms. The highest BCUT2D eigenvalue weighted by atomic mass is 79.9. The predicted octanol–water partition coefficient (Wildman–Crippen LogP) is 3.56. The van der Waals surface area contributed by atoms with Crippen molar-refractivity contribution in [3.8, 4) is 0 Å². The Morgan fingerprint density at radius 2 is 2.00 bits per heavy atom. The molecule has 0 aliphatic carbocycles. The van der Waals surface area contributed by atoms with Crippen LogP contribution in [0.15, 0.2) is 21.5 Å². The summed E-state index contributed by atoms with van der Waals surface area (Å²) in [6.07, 6.45) is 0.960. The summed E-state index contributed by atoms with van der Waals surface area (Å²) in [7, 11) is 1.54. The molecule has 0 saturated carbocycles. The highest BCUT2D eigenvalue weighted by molar-refractivity contribution is 9.10. The third-order valence-corrected chi connectivity index (χ3v) is 6.44. The van der Waals surface area contributed by atoms with Crippen molar-refractivity contribution >= 4 is 41.6 Å². The van der Waals surface area contributed by atoms with E-state index in [1.54, 1.807) is 17.9 Å². The average molecular weight is 395 g/mol. The standard InChI is InChI=1S/C14H17BrClNO3S/c1-8-4-10(3)17(7-8)14(18)11-5-9(2)13(15)12(6-11)21(16,19)20/h5-6,8,10H,4,7H2,1-3H3. The van der Waals surface area contributed by atoms with Gasteiger partial charge in [-0.05, 0) is 59.8 Å². The first-order chi connectivity index (χ1) is 9.61. The maximum absolute atomic E-state index is 12.6. The zero-order valence-electron chi connectivity index (χ0n) is 12.1. The first-order valence-corrected chi connectivity index (χ1v) is 9.77. The lowest BCUT2D eigenvalue weighted by molar-refractivity contribution is 0.0743. The molecule has 21 heavy (non-hydrogen) atoms. The van der Waals surface area contributed by atoms with E-state index in [1.165, 1.54) is 6.07 Å². The summed E-state index contributed by atoms with van der Waals surface area (Å²) < 4.78 is 23.7. The first kappa shape index (κ1) is 16.8. The zero-order valence-corrected chi connectivity index (χ0v) is 15.2. The summed E-state index contributed by atoms with van der Waals surface area (Å²) in [5.41, 5.74) is 1.02. The van der Waals surface area contributed by atoms with Gasteiger partial charge in [0.2, 0.25) is 0 Å². The number of aryl methyl sites for hydroxylation is 1. The van der Waals surface area contributed by atoms with Crippen molar-refractivity contribution in [3.05, 3.63) is 27.7 Å². The number of hydrogen-bond donors (Lipinski definition) is 0. The Kier molecular flexibility index (Phi) is 4.71. The van der Waals surface area contributed by atoms with Gasteiger partial charge in [0.25, 0.3) is 15.0 Å². The van der Waals surface area contributed by atoms with E-state index in [-0.39, 0.29) is 16.8 Å². The topological polar surface area (TPSA) is 54.5 Å². The van der Waals surface area contributed by atoms with E-state index in [9.17, 15) is 13.2 Å². The van der Waals surface area contributed by atoms with Crippen LogP contribution in [0.3, 0.4) is 0 Å². The van der Waals surface area contributed by atoms with Gasteiger partial charge < -0.3 is 4.90 Å². The van der Waals surface area contributed by atoms with Crippen LogP contribution in [0.1, 0.15) is 36.2 Å². The molecule has 2 unspecified atom stereocenters. The van der Waals surface area contributed by atoms with E-state index >= 15 is 0 Å². The molecule has 1 aliphatic rings. The summed E-state index contributed by atoms with van der Waals surface area (Å²) in [5, 5.41) is 0. The molecule has 0 radical (unpaired) electrons. The van der Waals surface area contributed by atoms with Crippen LogP contribution in [0.4, 0.5) is 0 Å². The number of amides is 1. The lowest BCUT2D eigenvalue weighted by Crippen LogP contribution is -2.34.